The lowest BCUT2D eigenvalue weighted by molar-refractivity contribution is 0.247. The van der Waals surface area contributed by atoms with Crippen molar-refractivity contribution >= 4 is 0 Å². The minimum Gasteiger partial charge on any atom is -0.485 e. The topological polar surface area (TPSA) is 61.3 Å². The van der Waals surface area contributed by atoms with E-state index in [1.165, 1.54) is 12.1 Å². The lowest BCUT2D eigenvalue weighted by atomic mass is 10.1. The van der Waals surface area contributed by atoms with Gasteiger partial charge < -0.3 is 15.0 Å². The van der Waals surface area contributed by atoms with Gasteiger partial charge in [0.1, 0.15) is 18.2 Å². The van der Waals surface area contributed by atoms with Gasteiger partial charge in [0, 0.05) is 12.1 Å². The van der Waals surface area contributed by atoms with E-state index >= 15 is 0 Å². The van der Waals surface area contributed by atoms with Crippen LogP contribution in [-0.4, -0.2) is 11.2 Å². The van der Waals surface area contributed by atoms with Crippen molar-refractivity contribution < 1.29 is 13.7 Å². The summed E-state index contributed by atoms with van der Waals surface area (Å²) in [6.45, 7) is 2.13. The normalized spacial score (nSPS) is 12.4. The first-order valence-corrected chi connectivity index (χ1v) is 5.71. The molecule has 0 aliphatic heterocycles. The summed E-state index contributed by atoms with van der Waals surface area (Å²) in [6.07, 6.45) is 2.11. The highest BCUT2D eigenvalue weighted by molar-refractivity contribution is 5.34. The molecule has 1 atom stereocenters. The van der Waals surface area contributed by atoms with Crippen LogP contribution < -0.4 is 10.5 Å². The zero-order valence-corrected chi connectivity index (χ0v) is 10.1. The number of ether oxygens (including phenoxy) is 1. The van der Waals surface area contributed by atoms with Crippen molar-refractivity contribution in [2.75, 3.05) is 0 Å². The molecule has 2 aromatic rings. The third kappa shape index (κ3) is 3.30. The molecule has 2 N–H and O–H groups in total. The van der Waals surface area contributed by atoms with Gasteiger partial charge >= 0.3 is 0 Å². The molecule has 0 aliphatic rings. The number of hydrogen-bond donors (Lipinski definition) is 1. The van der Waals surface area contributed by atoms with Gasteiger partial charge in [0.25, 0.3) is 0 Å². The first-order chi connectivity index (χ1) is 8.65. The fourth-order valence-electron chi connectivity index (χ4n) is 1.66. The lowest BCUT2D eigenvalue weighted by Gasteiger charge is -2.12. The lowest BCUT2D eigenvalue weighted by Crippen LogP contribution is -2.18. The van der Waals surface area contributed by atoms with Crippen LogP contribution in [0, 0.1) is 5.82 Å². The summed E-state index contributed by atoms with van der Waals surface area (Å²) in [5.74, 6) is 0.939. The highest BCUT2D eigenvalue weighted by Crippen LogP contribution is 2.22. The van der Waals surface area contributed by atoms with Crippen LogP contribution in [0.4, 0.5) is 4.39 Å². The Morgan fingerprint density at radius 3 is 2.94 bits per heavy atom. The summed E-state index contributed by atoms with van der Waals surface area (Å²) in [6, 6.07) is 6.07. The Bertz CT molecular complexity index is 498. The van der Waals surface area contributed by atoms with Gasteiger partial charge in [-0.25, -0.2) is 4.39 Å². The largest absolute Gasteiger partial charge is 0.485 e. The maximum Gasteiger partial charge on any atom is 0.174 e. The van der Waals surface area contributed by atoms with Gasteiger partial charge in [-0.1, -0.05) is 5.16 Å². The van der Waals surface area contributed by atoms with Crippen LogP contribution in [0.15, 0.2) is 35.0 Å². The highest BCUT2D eigenvalue weighted by Gasteiger charge is 2.09. The number of nitrogens with two attached hydrogens (primary N) is 1. The van der Waals surface area contributed by atoms with Crippen molar-refractivity contribution in [2.45, 2.75) is 26.0 Å². The summed E-state index contributed by atoms with van der Waals surface area (Å²) < 4.78 is 23.7. The Kier molecular flexibility index (Phi) is 3.94. The summed E-state index contributed by atoms with van der Waals surface area (Å²) in [7, 11) is 0. The molecule has 18 heavy (non-hydrogen) atoms. The first-order valence-electron chi connectivity index (χ1n) is 5.71. The van der Waals surface area contributed by atoms with Gasteiger partial charge in [-0.15, -0.1) is 0 Å². The molecule has 0 aliphatic carbocycles. The summed E-state index contributed by atoms with van der Waals surface area (Å²) in [4.78, 5) is 0. The Labute approximate surface area is 105 Å². The van der Waals surface area contributed by atoms with Crippen molar-refractivity contribution in [3.63, 3.8) is 0 Å². The van der Waals surface area contributed by atoms with E-state index in [0.29, 0.717) is 17.9 Å². The second-order valence-electron chi connectivity index (χ2n) is 4.20. The number of nitrogens with zero attached hydrogens (tertiary/aromatic N) is 1. The average molecular weight is 250 g/mol. The van der Waals surface area contributed by atoms with Gasteiger partial charge in [0.2, 0.25) is 0 Å². The number of halogens is 1. The van der Waals surface area contributed by atoms with Gasteiger partial charge in [-0.2, -0.15) is 0 Å². The predicted molar refractivity (Wildman–Crippen MR) is 64.6 cm³/mol. The van der Waals surface area contributed by atoms with Crippen LogP contribution >= 0.6 is 0 Å². The van der Waals surface area contributed by atoms with Crippen molar-refractivity contribution in [2.24, 2.45) is 5.73 Å². The molecule has 4 nitrogen and oxygen atoms in total. The van der Waals surface area contributed by atoms with Crippen LogP contribution in [0.3, 0.4) is 0 Å². The van der Waals surface area contributed by atoms with Crippen LogP contribution in [0.1, 0.15) is 18.2 Å². The minimum atomic E-state index is -0.294. The Morgan fingerprint density at radius 1 is 1.44 bits per heavy atom. The second-order valence-corrected chi connectivity index (χ2v) is 4.20. The van der Waals surface area contributed by atoms with E-state index in [2.05, 4.69) is 5.16 Å². The molecular weight excluding hydrogens is 235 g/mol. The molecule has 0 saturated carbocycles. The van der Waals surface area contributed by atoms with Gasteiger partial charge in [0.15, 0.2) is 5.76 Å². The van der Waals surface area contributed by atoms with E-state index < -0.39 is 0 Å². The van der Waals surface area contributed by atoms with Crippen LogP contribution in [0.2, 0.25) is 0 Å². The predicted octanol–water partition coefficient (Wildman–Crippen LogP) is 2.28. The molecule has 0 fully saturated rings. The number of benzene rings is 1. The molecule has 1 heterocycles. The van der Waals surface area contributed by atoms with E-state index in [1.54, 1.807) is 18.3 Å². The molecular formula is C13H15FN2O2. The Morgan fingerprint density at radius 2 is 2.28 bits per heavy atom. The maximum absolute atomic E-state index is 13.2. The number of hydrogen-bond acceptors (Lipinski definition) is 4. The summed E-state index contributed by atoms with van der Waals surface area (Å²) in [5, 5.41) is 3.58. The van der Waals surface area contributed by atoms with Crippen molar-refractivity contribution in [1.82, 2.24) is 5.16 Å². The second kappa shape index (κ2) is 5.64. The van der Waals surface area contributed by atoms with Gasteiger partial charge in [-0.05, 0) is 37.1 Å². The van der Waals surface area contributed by atoms with Crippen LogP contribution in [-0.2, 0) is 13.0 Å². The van der Waals surface area contributed by atoms with E-state index in [0.717, 1.165) is 5.56 Å². The number of aromatic nitrogens is 1. The standard InChI is InChI=1S/C13H15FN2O2/c1-9(15)6-10-7-11(14)2-3-13(10)17-8-12-4-5-16-18-12/h2-5,7,9H,6,8,15H2,1H3. The minimum absolute atomic E-state index is 0.0561. The zero-order chi connectivity index (χ0) is 13.0. The van der Waals surface area contributed by atoms with Crippen LogP contribution in [0.5, 0.6) is 5.75 Å². The Balaban J connectivity index is 2.10. The molecule has 0 radical (unpaired) electrons. The van der Waals surface area contributed by atoms with Crippen molar-refractivity contribution in [3.8, 4) is 5.75 Å². The van der Waals surface area contributed by atoms with Gasteiger partial charge in [-0.3, -0.25) is 0 Å². The van der Waals surface area contributed by atoms with E-state index in [4.69, 9.17) is 15.0 Å². The molecule has 0 saturated heterocycles. The Hall–Kier alpha value is -1.88. The summed E-state index contributed by atoms with van der Waals surface area (Å²) in [5.41, 5.74) is 6.48. The highest BCUT2D eigenvalue weighted by atomic mass is 19.1. The molecule has 0 amide bonds. The van der Waals surface area contributed by atoms with Crippen LogP contribution in [0.25, 0.3) is 0 Å². The van der Waals surface area contributed by atoms with E-state index in [9.17, 15) is 4.39 Å². The molecule has 96 valence electrons. The number of rotatable bonds is 5. The fraction of sp³-hybridized carbons (Fsp3) is 0.308. The molecule has 5 heteroatoms. The molecule has 1 unspecified atom stereocenters. The molecule has 1 aromatic heterocycles. The average Bonchev–Trinajstić information content (AvgIpc) is 2.80. The van der Waals surface area contributed by atoms with Gasteiger partial charge in [0.05, 0.1) is 6.20 Å². The molecule has 0 spiro atoms. The first kappa shape index (κ1) is 12.6. The summed E-state index contributed by atoms with van der Waals surface area (Å²) >= 11 is 0. The van der Waals surface area contributed by atoms with E-state index in [-0.39, 0.29) is 18.5 Å². The van der Waals surface area contributed by atoms with Crippen molar-refractivity contribution in [1.29, 1.82) is 0 Å². The third-order valence-corrected chi connectivity index (χ3v) is 2.43. The van der Waals surface area contributed by atoms with E-state index in [1.807, 2.05) is 6.92 Å². The third-order valence-electron chi connectivity index (χ3n) is 2.43. The van der Waals surface area contributed by atoms with Crippen molar-refractivity contribution in [3.05, 3.63) is 47.6 Å². The smallest absolute Gasteiger partial charge is 0.174 e. The molecule has 1 aromatic carbocycles. The monoisotopic (exact) mass is 250 g/mol. The molecule has 0 bridgehead atoms. The quantitative estimate of drug-likeness (QED) is 0.884. The zero-order valence-electron chi connectivity index (χ0n) is 10.1. The SMILES string of the molecule is CC(N)Cc1cc(F)ccc1OCc1ccno1. The maximum atomic E-state index is 13.2. The molecule has 2 rings (SSSR count). The fourth-order valence-corrected chi connectivity index (χ4v) is 1.66.